The van der Waals surface area contributed by atoms with E-state index in [2.05, 4.69) is 59.2 Å². The van der Waals surface area contributed by atoms with Crippen LogP contribution < -0.4 is 4.90 Å². The number of hydrogen-bond donors (Lipinski definition) is 0. The van der Waals surface area contributed by atoms with Gasteiger partial charge < -0.3 is 9.80 Å². The largest absolute Gasteiger partial charge is 0.324 e. The van der Waals surface area contributed by atoms with Crippen LogP contribution in [0.1, 0.15) is 17.5 Å². The Bertz CT molecular complexity index is 1010. The Labute approximate surface area is 171 Å². The fourth-order valence-corrected chi connectivity index (χ4v) is 3.71. The van der Waals surface area contributed by atoms with E-state index in [9.17, 15) is 0 Å². The quantitative estimate of drug-likeness (QED) is 0.591. The standard InChI is InChI=1S/C23H23ClN4/c1-27(2)14-7-15-28-21-12-4-3-10-19(21)22(17-8-5-9-18(24)16-17)26-20-11-6-13-25-23(20)28/h3-6,8-13,16H,7,14-15H2,1-2H3. The molecule has 0 radical (unpaired) electrons. The molecular weight excluding hydrogens is 368 g/mol. The maximum Gasteiger partial charge on any atom is 0.159 e. The van der Waals surface area contributed by atoms with Crippen molar-refractivity contribution in [1.82, 2.24) is 9.88 Å². The number of rotatable bonds is 5. The van der Waals surface area contributed by atoms with E-state index in [0.717, 1.165) is 53.5 Å². The van der Waals surface area contributed by atoms with Gasteiger partial charge in [0.1, 0.15) is 5.69 Å². The third kappa shape index (κ3) is 3.79. The third-order valence-corrected chi connectivity index (χ3v) is 5.02. The SMILES string of the molecule is CN(C)CCCN1c2ccccc2C(c2cccc(Cl)c2)=Nc2cccnc21. The lowest BCUT2D eigenvalue weighted by Crippen LogP contribution is -2.24. The van der Waals surface area contributed by atoms with Gasteiger partial charge in [0.05, 0.1) is 11.4 Å². The molecule has 0 fully saturated rings. The van der Waals surface area contributed by atoms with Crippen molar-refractivity contribution < 1.29 is 0 Å². The average molecular weight is 391 g/mol. The van der Waals surface area contributed by atoms with Gasteiger partial charge in [-0.25, -0.2) is 9.98 Å². The second-order valence-electron chi connectivity index (χ2n) is 7.14. The van der Waals surface area contributed by atoms with Crippen LogP contribution in [0.5, 0.6) is 0 Å². The van der Waals surface area contributed by atoms with Crippen molar-refractivity contribution in [3.05, 3.63) is 83.0 Å². The molecule has 2 heterocycles. The van der Waals surface area contributed by atoms with Crippen LogP contribution in [0.25, 0.3) is 0 Å². The van der Waals surface area contributed by atoms with Crippen molar-refractivity contribution in [2.45, 2.75) is 6.42 Å². The summed E-state index contributed by atoms with van der Waals surface area (Å²) in [7, 11) is 4.20. The van der Waals surface area contributed by atoms with Gasteiger partial charge in [0.25, 0.3) is 0 Å². The molecule has 4 rings (SSSR count). The molecule has 0 spiro atoms. The summed E-state index contributed by atoms with van der Waals surface area (Å²) in [4.78, 5) is 14.2. The Hall–Kier alpha value is -2.69. The summed E-state index contributed by atoms with van der Waals surface area (Å²) in [6, 6.07) is 20.2. The molecule has 1 aliphatic heterocycles. The number of para-hydroxylation sites is 1. The van der Waals surface area contributed by atoms with Crippen LogP contribution in [0.15, 0.2) is 71.9 Å². The second kappa shape index (κ2) is 8.13. The molecule has 28 heavy (non-hydrogen) atoms. The molecule has 0 aliphatic carbocycles. The first kappa shape index (κ1) is 18.7. The maximum atomic E-state index is 6.28. The first-order valence-corrected chi connectivity index (χ1v) is 9.82. The van der Waals surface area contributed by atoms with E-state index in [4.69, 9.17) is 16.6 Å². The predicted octanol–water partition coefficient (Wildman–Crippen LogP) is 5.31. The molecule has 0 unspecified atom stereocenters. The van der Waals surface area contributed by atoms with Crippen molar-refractivity contribution in [3.63, 3.8) is 0 Å². The third-order valence-electron chi connectivity index (χ3n) is 4.79. The molecule has 0 saturated carbocycles. The Balaban J connectivity index is 1.87. The van der Waals surface area contributed by atoms with Gasteiger partial charge in [-0.15, -0.1) is 0 Å². The molecular formula is C23H23ClN4. The molecule has 0 atom stereocenters. The summed E-state index contributed by atoms with van der Waals surface area (Å²) < 4.78 is 0. The number of anilines is 2. The van der Waals surface area contributed by atoms with Crippen molar-refractivity contribution in [3.8, 4) is 0 Å². The Morgan fingerprint density at radius 2 is 1.86 bits per heavy atom. The molecule has 5 heteroatoms. The topological polar surface area (TPSA) is 31.7 Å². The molecule has 4 nitrogen and oxygen atoms in total. The van der Waals surface area contributed by atoms with Gasteiger partial charge in [0, 0.05) is 28.9 Å². The zero-order valence-corrected chi connectivity index (χ0v) is 16.9. The molecule has 0 saturated heterocycles. The highest BCUT2D eigenvalue weighted by Gasteiger charge is 2.24. The van der Waals surface area contributed by atoms with E-state index < -0.39 is 0 Å². The first-order chi connectivity index (χ1) is 13.6. The normalized spacial score (nSPS) is 13.0. The van der Waals surface area contributed by atoms with Gasteiger partial charge in [0.2, 0.25) is 0 Å². The summed E-state index contributed by atoms with van der Waals surface area (Å²) in [5.74, 6) is 0.894. The fourth-order valence-electron chi connectivity index (χ4n) is 3.51. The molecule has 0 bridgehead atoms. The number of fused-ring (bicyclic) bond motifs is 2. The molecule has 142 valence electrons. The summed E-state index contributed by atoms with van der Waals surface area (Å²) in [6.45, 7) is 1.89. The zero-order chi connectivity index (χ0) is 19.5. The van der Waals surface area contributed by atoms with Gasteiger partial charge >= 0.3 is 0 Å². The van der Waals surface area contributed by atoms with E-state index in [-0.39, 0.29) is 0 Å². The van der Waals surface area contributed by atoms with Crippen molar-refractivity contribution in [2.75, 3.05) is 32.1 Å². The first-order valence-electron chi connectivity index (χ1n) is 9.45. The molecule has 1 aliphatic rings. The number of hydrogen-bond acceptors (Lipinski definition) is 4. The summed E-state index contributed by atoms with van der Waals surface area (Å²) in [6.07, 6.45) is 2.87. The van der Waals surface area contributed by atoms with Crippen molar-refractivity contribution >= 4 is 34.5 Å². The van der Waals surface area contributed by atoms with Gasteiger partial charge in [-0.05, 0) is 57.4 Å². The predicted molar refractivity (Wildman–Crippen MR) is 118 cm³/mol. The second-order valence-corrected chi connectivity index (χ2v) is 7.58. The van der Waals surface area contributed by atoms with Crippen LogP contribution in [-0.2, 0) is 0 Å². The lowest BCUT2D eigenvalue weighted by Gasteiger charge is -2.26. The molecule has 0 amide bonds. The maximum absolute atomic E-state index is 6.28. The van der Waals surface area contributed by atoms with Gasteiger partial charge in [-0.3, -0.25) is 0 Å². The minimum atomic E-state index is 0.705. The number of aromatic nitrogens is 1. The lowest BCUT2D eigenvalue weighted by atomic mass is 10.00. The number of aliphatic imine (C=N–C) groups is 1. The number of benzene rings is 2. The van der Waals surface area contributed by atoms with Gasteiger partial charge in [-0.1, -0.05) is 41.9 Å². The Kier molecular flexibility index (Phi) is 5.42. The average Bonchev–Trinajstić information content (AvgIpc) is 2.83. The summed E-state index contributed by atoms with van der Waals surface area (Å²) in [5, 5.41) is 0.705. The molecule has 0 N–H and O–H groups in total. The fraction of sp³-hybridized carbons (Fsp3) is 0.217. The van der Waals surface area contributed by atoms with Crippen LogP contribution in [0.2, 0.25) is 5.02 Å². The number of nitrogens with zero attached hydrogens (tertiary/aromatic N) is 4. The van der Waals surface area contributed by atoms with Crippen LogP contribution in [-0.4, -0.2) is 42.8 Å². The van der Waals surface area contributed by atoms with E-state index >= 15 is 0 Å². The molecule has 1 aromatic heterocycles. The van der Waals surface area contributed by atoms with Crippen molar-refractivity contribution in [1.29, 1.82) is 0 Å². The highest BCUT2D eigenvalue weighted by atomic mass is 35.5. The van der Waals surface area contributed by atoms with Crippen LogP contribution in [0, 0.1) is 0 Å². The minimum Gasteiger partial charge on any atom is -0.324 e. The van der Waals surface area contributed by atoms with E-state index in [1.807, 2.05) is 36.5 Å². The number of pyridine rings is 1. The van der Waals surface area contributed by atoms with Gasteiger partial charge in [0.15, 0.2) is 5.82 Å². The molecule has 3 aromatic rings. The number of halogens is 1. The lowest BCUT2D eigenvalue weighted by molar-refractivity contribution is 0.402. The Morgan fingerprint density at radius 1 is 1.00 bits per heavy atom. The van der Waals surface area contributed by atoms with Crippen LogP contribution in [0.3, 0.4) is 0 Å². The van der Waals surface area contributed by atoms with E-state index in [1.54, 1.807) is 0 Å². The smallest absolute Gasteiger partial charge is 0.159 e. The molecule has 2 aromatic carbocycles. The van der Waals surface area contributed by atoms with Crippen LogP contribution >= 0.6 is 11.6 Å². The minimum absolute atomic E-state index is 0.705. The zero-order valence-electron chi connectivity index (χ0n) is 16.1. The van der Waals surface area contributed by atoms with E-state index in [1.165, 1.54) is 0 Å². The van der Waals surface area contributed by atoms with Crippen LogP contribution in [0.4, 0.5) is 17.2 Å². The van der Waals surface area contributed by atoms with Crippen molar-refractivity contribution in [2.24, 2.45) is 4.99 Å². The highest BCUT2D eigenvalue weighted by molar-refractivity contribution is 6.31. The van der Waals surface area contributed by atoms with E-state index in [0.29, 0.717) is 5.02 Å². The summed E-state index contributed by atoms with van der Waals surface area (Å²) >= 11 is 6.28. The monoisotopic (exact) mass is 390 g/mol. The Morgan fingerprint density at radius 3 is 2.68 bits per heavy atom. The highest BCUT2D eigenvalue weighted by Crippen LogP contribution is 2.39. The van der Waals surface area contributed by atoms with Gasteiger partial charge in [-0.2, -0.15) is 0 Å². The summed E-state index contributed by atoms with van der Waals surface area (Å²) in [5.41, 5.74) is 5.01.